The molecule has 4 heteroatoms. The van der Waals surface area contributed by atoms with Crippen LogP contribution in [0.2, 0.25) is 0 Å². The summed E-state index contributed by atoms with van der Waals surface area (Å²) in [5.41, 5.74) is 2.31. The Morgan fingerprint density at radius 3 is 2.89 bits per heavy atom. The Bertz CT molecular complexity index is 493. The van der Waals surface area contributed by atoms with Gasteiger partial charge in [-0.3, -0.25) is 4.68 Å². The van der Waals surface area contributed by atoms with Gasteiger partial charge >= 0.3 is 0 Å². The van der Waals surface area contributed by atoms with Gasteiger partial charge in [-0.15, -0.1) is 0 Å². The minimum atomic E-state index is 0.273. The topological polar surface area (TPSA) is 50.1 Å². The van der Waals surface area contributed by atoms with Crippen molar-refractivity contribution < 1.29 is 5.11 Å². The van der Waals surface area contributed by atoms with Gasteiger partial charge < -0.3 is 10.4 Å². The van der Waals surface area contributed by atoms with Crippen LogP contribution < -0.4 is 5.32 Å². The molecular formula is C14H21N3O. The van der Waals surface area contributed by atoms with Crippen LogP contribution in [0, 0.1) is 0 Å². The number of fused-ring (bicyclic) bond motifs is 1. The summed E-state index contributed by atoms with van der Waals surface area (Å²) >= 11 is 0. The normalized spacial score (nSPS) is 11.2. The number of nitrogens with zero attached hydrogens (tertiary/aromatic N) is 2. The number of aryl methyl sites for hydroxylation is 1. The van der Waals surface area contributed by atoms with Gasteiger partial charge in [0.1, 0.15) is 0 Å². The van der Waals surface area contributed by atoms with Crippen LogP contribution in [0.1, 0.15) is 25.5 Å². The maximum absolute atomic E-state index is 8.72. The van der Waals surface area contributed by atoms with E-state index < -0.39 is 0 Å². The summed E-state index contributed by atoms with van der Waals surface area (Å²) in [6.07, 6.45) is 1.86. The number of hydrogen-bond acceptors (Lipinski definition) is 3. The quantitative estimate of drug-likeness (QED) is 0.735. The third kappa shape index (κ3) is 2.89. The molecule has 0 aliphatic heterocycles. The summed E-state index contributed by atoms with van der Waals surface area (Å²) in [7, 11) is 0. The lowest BCUT2D eigenvalue weighted by molar-refractivity contribution is 0.283. The molecule has 2 rings (SSSR count). The first-order valence-electron chi connectivity index (χ1n) is 6.62. The third-order valence-electron chi connectivity index (χ3n) is 3.09. The number of para-hydroxylation sites is 1. The summed E-state index contributed by atoms with van der Waals surface area (Å²) < 4.78 is 2.04. The minimum Gasteiger partial charge on any atom is -0.396 e. The van der Waals surface area contributed by atoms with Gasteiger partial charge in [-0.25, -0.2) is 0 Å². The fourth-order valence-corrected chi connectivity index (χ4v) is 2.14. The van der Waals surface area contributed by atoms with Crippen LogP contribution >= 0.6 is 0 Å². The van der Waals surface area contributed by atoms with Crippen molar-refractivity contribution in [3.63, 3.8) is 0 Å². The maximum atomic E-state index is 8.72. The predicted octanol–water partition coefficient (Wildman–Crippen LogP) is 1.92. The van der Waals surface area contributed by atoms with E-state index in [4.69, 9.17) is 5.11 Å². The number of benzene rings is 1. The highest BCUT2D eigenvalue weighted by Gasteiger charge is 2.07. The first-order valence-corrected chi connectivity index (χ1v) is 6.62. The van der Waals surface area contributed by atoms with Crippen LogP contribution in [0.15, 0.2) is 24.3 Å². The molecule has 0 aliphatic rings. The second-order valence-corrected chi connectivity index (χ2v) is 4.39. The maximum Gasteiger partial charge on any atom is 0.0841 e. The SMILES string of the molecule is CCn1nc(CNCCCCO)c2ccccc21. The Hall–Kier alpha value is -1.39. The van der Waals surface area contributed by atoms with E-state index in [9.17, 15) is 0 Å². The Balaban J connectivity index is 2.04. The van der Waals surface area contributed by atoms with Gasteiger partial charge in [0, 0.05) is 25.1 Å². The first kappa shape index (κ1) is 13.1. The van der Waals surface area contributed by atoms with Crippen LogP contribution in [0.3, 0.4) is 0 Å². The van der Waals surface area contributed by atoms with E-state index in [0.717, 1.165) is 38.2 Å². The van der Waals surface area contributed by atoms with E-state index in [2.05, 4.69) is 41.6 Å². The molecule has 4 nitrogen and oxygen atoms in total. The lowest BCUT2D eigenvalue weighted by atomic mass is 10.2. The molecule has 0 bridgehead atoms. The number of aliphatic hydroxyl groups is 1. The smallest absolute Gasteiger partial charge is 0.0841 e. The zero-order valence-electron chi connectivity index (χ0n) is 10.9. The molecule has 0 unspecified atom stereocenters. The molecule has 0 aliphatic carbocycles. The van der Waals surface area contributed by atoms with Crippen molar-refractivity contribution in [2.24, 2.45) is 0 Å². The Morgan fingerprint density at radius 2 is 2.11 bits per heavy atom. The molecule has 1 aromatic carbocycles. The lowest BCUT2D eigenvalue weighted by Crippen LogP contribution is -2.15. The molecule has 1 heterocycles. The van der Waals surface area contributed by atoms with Gasteiger partial charge in [0.15, 0.2) is 0 Å². The van der Waals surface area contributed by atoms with E-state index in [-0.39, 0.29) is 6.61 Å². The Kier molecular flexibility index (Phi) is 4.73. The van der Waals surface area contributed by atoms with E-state index >= 15 is 0 Å². The van der Waals surface area contributed by atoms with Crippen molar-refractivity contribution in [1.29, 1.82) is 0 Å². The molecule has 0 fully saturated rings. The van der Waals surface area contributed by atoms with Crippen LogP contribution in [0.5, 0.6) is 0 Å². The number of aliphatic hydroxyl groups excluding tert-OH is 1. The van der Waals surface area contributed by atoms with Crippen molar-refractivity contribution in [3.8, 4) is 0 Å². The van der Waals surface area contributed by atoms with Crippen molar-refractivity contribution >= 4 is 10.9 Å². The summed E-state index contributed by atoms with van der Waals surface area (Å²) in [6.45, 7) is 4.99. The molecular weight excluding hydrogens is 226 g/mol. The van der Waals surface area contributed by atoms with E-state index in [1.807, 2.05) is 4.68 Å². The summed E-state index contributed by atoms with van der Waals surface area (Å²) in [4.78, 5) is 0. The van der Waals surface area contributed by atoms with E-state index in [0.29, 0.717) is 0 Å². The molecule has 0 saturated heterocycles. The summed E-state index contributed by atoms with van der Waals surface area (Å²) in [6, 6.07) is 8.34. The lowest BCUT2D eigenvalue weighted by Gasteiger charge is -2.01. The Labute approximate surface area is 108 Å². The van der Waals surface area contributed by atoms with Gasteiger partial charge in [0.25, 0.3) is 0 Å². The zero-order chi connectivity index (χ0) is 12.8. The molecule has 2 aromatic rings. The molecule has 0 amide bonds. The second-order valence-electron chi connectivity index (χ2n) is 4.39. The average Bonchev–Trinajstić information content (AvgIpc) is 2.77. The number of aromatic nitrogens is 2. The highest BCUT2D eigenvalue weighted by molar-refractivity contribution is 5.81. The predicted molar refractivity (Wildman–Crippen MR) is 73.4 cm³/mol. The molecule has 0 saturated carbocycles. The molecule has 18 heavy (non-hydrogen) atoms. The molecule has 1 aromatic heterocycles. The summed E-state index contributed by atoms with van der Waals surface area (Å²) in [5, 5.41) is 18.0. The zero-order valence-corrected chi connectivity index (χ0v) is 10.9. The van der Waals surface area contributed by atoms with Crippen LogP contribution in [-0.2, 0) is 13.1 Å². The van der Waals surface area contributed by atoms with Crippen LogP contribution in [-0.4, -0.2) is 28.0 Å². The van der Waals surface area contributed by atoms with Crippen LogP contribution in [0.4, 0.5) is 0 Å². The van der Waals surface area contributed by atoms with E-state index in [1.165, 1.54) is 10.9 Å². The Morgan fingerprint density at radius 1 is 1.28 bits per heavy atom. The fourth-order valence-electron chi connectivity index (χ4n) is 2.14. The van der Waals surface area contributed by atoms with Gasteiger partial charge in [-0.1, -0.05) is 18.2 Å². The van der Waals surface area contributed by atoms with Crippen molar-refractivity contribution in [2.45, 2.75) is 32.9 Å². The fraction of sp³-hybridized carbons (Fsp3) is 0.500. The van der Waals surface area contributed by atoms with Gasteiger partial charge in [0.2, 0.25) is 0 Å². The van der Waals surface area contributed by atoms with E-state index in [1.54, 1.807) is 0 Å². The molecule has 2 N–H and O–H groups in total. The van der Waals surface area contributed by atoms with Gasteiger partial charge in [0.05, 0.1) is 11.2 Å². The highest BCUT2D eigenvalue weighted by atomic mass is 16.2. The number of nitrogens with one attached hydrogen (secondary N) is 1. The van der Waals surface area contributed by atoms with Gasteiger partial charge in [-0.05, 0) is 32.4 Å². The number of unbranched alkanes of at least 4 members (excludes halogenated alkanes) is 1. The van der Waals surface area contributed by atoms with Crippen molar-refractivity contribution in [3.05, 3.63) is 30.0 Å². The number of hydrogen-bond donors (Lipinski definition) is 2. The third-order valence-corrected chi connectivity index (χ3v) is 3.09. The van der Waals surface area contributed by atoms with Crippen LogP contribution in [0.25, 0.3) is 10.9 Å². The molecule has 98 valence electrons. The molecule has 0 atom stereocenters. The highest BCUT2D eigenvalue weighted by Crippen LogP contribution is 2.18. The second kappa shape index (κ2) is 6.52. The van der Waals surface area contributed by atoms with Crippen molar-refractivity contribution in [2.75, 3.05) is 13.2 Å². The first-order chi connectivity index (χ1) is 8.86. The molecule has 0 spiro atoms. The summed E-state index contributed by atoms with van der Waals surface area (Å²) in [5.74, 6) is 0. The standard InChI is InChI=1S/C14H21N3O/c1-2-17-14-8-4-3-7-12(14)13(16-17)11-15-9-5-6-10-18/h3-4,7-8,15,18H,2,5-6,9-11H2,1H3. The monoisotopic (exact) mass is 247 g/mol. The van der Waals surface area contributed by atoms with Gasteiger partial charge in [-0.2, -0.15) is 5.10 Å². The minimum absolute atomic E-state index is 0.273. The number of rotatable bonds is 7. The largest absolute Gasteiger partial charge is 0.396 e. The molecule has 0 radical (unpaired) electrons. The van der Waals surface area contributed by atoms with Crippen molar-refractivity contribution in [1.82, 2.24) is 15.1 Å². The average molecular weight is 247 g/mol.